The summed E-state index contributed by atoms with van der Waals surface area (Å²) in [6, 6.07) is 7.32. The van der Waals surface area contributed by atoms with Crippen molar-refractivity contribution in [2.75, 3.05) is 24.3 Å². The monoisotopic (exact) mass is 332 g/mol. The van der Waals surface area contributed by atoms with Crippen LogP contribution in [0.4, 0.5) is 10.9 Å². The van der Waals surface area contributed by atoms with E-state index < -0.39 is 5.91 Å². The molecule has 0 saturated heterocycles. The van der Waals surface area contributed by atoms with E-state index in [-0.39, 0.29) is 18.4 Å². The minimum Gasteiger partial charge on any atom is -0.484 e. The Morgan fingerprint density at radius 1 is 1.48 bits per heavy atom. The van der Waals surface area contributed by atoms with E-state index in [0.717, 1.165) is 15.6 Å². The van der Waals surface area contributed by atoms with Crippen LogP contribution in [0.2, 0.25) is 0 Å². The molecule has 7 nitrogen and oxygen atoms in total. The topological polar surface area (TPSA) is 106 Å². The Bertz CT molecular complexity index is 742. The number of aromatic nitrogens is 1. The van der Waals surface area contributed by atoms with E-state index in [1.165, 1.54) is 11.3 Å². The number of rotatable bonds is 5. The fraction of sp³-hybridized carbons (Fsp3) is 0.267. The second-order valence-electron chi connectivity index (χ2n) is 5.11. The van der Waals surface area contributed by atoms with Gasteiger partial charge in [0.25, 0.3) is 5.91 Å². The average molecular weight is 332 g/mol. The van der Waals surface area contributed by atoms with Crippen LogP contribution >= 0.6 is 11.3 Å². The number of hydrogen-bond donors (Lipinski definition) is 3. The molecule has 2 amide bonds. The first kappa shape index (κ1) is 15.3. The molecule has 1 aliphatic heterocycles. The number of carbonyl (C=O) groups is 2. The lowest BCUT2D eigenvalue weighted by atomic mass is 9.91. The number of nitrogens with zero attached hydrogens (tertiary/aromatic N) is 1. The number of benzene rings is 1. The molecule has 0 radical (unpaired) electrons. The number of primary amides is 1. The zero-order valence-electron chi connectivity index (χ0n) is 12.5. The van der Waals surface area contributed by atoms with Gasteiger partial charge in [-0.25, -0.2) is 4.98 Å². The summed E-state index contributed by atoms with van der Waals surface area (Å²) in [4.78, 5) is 28.0. The molecule has 23 heavy (non-hydrogen) atoms. The smallest absolute Gasteiger partial charge is 0.255 e. The van der Waals surface area contributed by atoms with E-state index in [2.05, 4.69) is 15.6 Å². The van der Waals surface area contributed by atoms with Crippen LogP contribution in [0, 0.1) is 0 Å². The molecule has 1 aliphatic rings. The van der Waals surface area contributed by atoms with Crippen molar-refractivity contribution < 1.29 is 14.3 Å². The molecule has 2 heterocycles. The van der Waals surface area contributed by atoms with E-state index >= 15 is 0 Å². The summed E-state index contributed by atoms with van der Waals surface area (Å²) in [5.74, 6) is 0.572. The molecule has 8 heteroatoms. The van der Waals surface area contributed by atoms with Crippen LogP contribution in [0.3, 0.4) is 0 Å². The maximum Gasteiger partial charge on any atom is 0.255 e. The van der Waals surface area contributed by atoms with Crippen molar-refractivity contribution in [1.82, 2.24) is 4.98 Å². The summed E-state index contributed by atoms with van der Waals surface area (Å²) in [5, 5.41) is 6.57. The lowest BCUT2D eigenvalue weighted by Gasteiger charge is -2.21. The van der Waals surface area contributed by atoms with Crippen molar-refractivity contribution >= 4 is 34.1 Å². The van der Waals surface area contributed by atoms with Gasteiger partial charge in [-0.3, -0.25) is 9.59 Å². The fourth-order valence-electron chi connectivity index (χ4n) is 2.45. The van der Waals surface area contributed by atoms with E-state index in [1.807, 2.05) is 12.1 Å². The van der Waals surface area contributed by atoms with Crippen molar-refractivity contribution in [3.8, 4) is 5.75 Å². The first-order chi connectivity index (χ1) is 11.1. The predicted octanol–water partition coefficient (Wildman–Crippen LogP) is 1.52. The molecule has 4 N–H and O–H groups in total. The third-order valence-corrected chi connectivity index (χ3v) is 4.68. The van der Waals surface area contributed by atoms with Gasteiger partial charge < -0.3 is 21.1 Å². The van der Waals surface area contributed by atoms with Gasteiger partial charge in [0.15, 0.2) is 11.7 Å². The van der Waals surface area contributed by atoms with Gasteiger partial charge in [0.1, 0.15) is 11.6 Å². The standard InChI is InChI=1S/C15H16N4O3S/c1-17-15-19-14-13(23-15)10(6-12(21)18-14)8-2-4-9(5-3-8)22-7-11(16)20/h2-5,10H,6-7H2,1H3,(H2,16,20)(H,17,19)(H,18,21). The van der Waals surface area contributed by atoms with Crippen LogP contribution < -0.4 is 21.1 Å². The Labute approximate surface area is 136 Å². The quantitative estimate of drug-likeness (QED) is 0.770. The van der Waals surface area contributed by atoms with Gasteiger partial charge in [-0.15, -0.1) is 0 Å². The summed E-state index contributed by atoms with van der Waals surface area (Å²) in [5.41, 5.74) is 6.05. The number of nitrogens with two attached hydrogens (primary N) is 1. The molecular formula is C15H16N4O3S. The number of carbonyl (C=O) groups excluding carboxylic acids is 2. The van der Waals surface area contributed by atoms with Gasteiger partial charge in [0.2, 0.25) is 5.91 Å². The Morgan fingerprint density at radius 2 is 2.22 bits per heavy atom. The first-order valence-corrected chi connectivity index (χ1v) is 7.88. The minimum absolute atomic E-state index is 0.0384. The molecule has 0 fully saturated rings. The number of ether oxygens (including phenoxy) is 1. The summed E-state index contributed by atoms with van der Waals surface area (Å²) in [7, 11) is 1.80. The molecule has 2 aromatic rings. The van der Waals surface area contributed by atoms with Gasteiger partial charge in [-0.1, -0.05) is 23.5 Å². The van der Waals surface area contributed by atoms with Crippen molar-refractivity contribution in [3.63, 3.8) is 0 Å². The van der Waals surface area contributed by atoms with E-state index in [4.69, 9.17) is 10.5 Å². The van der Waals surface area contributed by atoms with Gasteiger partial charge in [-0.2, -0.15) is 0 Å². The predicted molar refractivity (Wildman–Crippen MR) is 87.9 cm³/mol. The number of thiazole rings is 1. The Balaban J connectivity index is 1.85. The number of anilines is 2. The molecular weight excluding hydrogens is 316 g/mol. The molecule has 0 aliphatic carbocycles. The zero-order chi connectivity index (χ0) is 16.4. The molecule has 1 atom stereocenters. The van der Waals surface area contributed by atoms with Crippen molar-refractivity contribution in [3.05, 3.63) is 34.7 Å². The third kappa shape index (κ3) is 3.26. The highest BCUT2D eigenvalue weighted by Crippen LogP contribution is 2.42. The van der Waals surface area contributed by atoms with Crippen LogP contribution in [0.1, 0.15) is 22.8 Å². The highest BCUT2D eigenvalue weighted by molar-refractivity contribution is 7.16. The number of fused-ring (bicyclic) bond motifs is 1. The third-order valence-electron chi connectivity index (χ3n) is 3.49. The number of amides is 2. The molecule has 0 bridgehead atoms. The number of nitrogens with one attached hydrogen (secondary N) is 2. The summed E-state index contributed by atoms with van der Waals surface area (Å²) in [6.45, 7) is -0.157. The van der Waals surface area contributed by atoms with Crippen LogP contribution in [-0.4, -0.2) is 30.5 Å². The van der Waals surface area contributed by atoms with Gasteiger partial charge in [0.05, 0.1) is 4.88 Å². The van der Waals surface area contributed by atoms with Crippen LogP contribution in [0.25, 0.3) is 0 Å². The maximum atomic E-state index is 11.9. The van der Waals surface area contributed by atoms with E-state index in [0.29, 0.717) is 18.0 Å². The molecule has 1 aromatic carbocycles. The fourth-order valence-corrected chi connectivity index (χ4v) is 3.45. The molecule has 0 spiro atoms. The van der Waals surface area contributed by atoms with Crippen LogP contribution in [0.5, 0.6) is 5.75 Å². The van der Waals surface area contributed by atoms with Crippen molar-refractivity contribution in [2.24, 2.45) is 5.73 Å². The Hall–Kier alpha value is -2.61. The second-order valence-corrected chi connectivity index (χ2v) is 6.14. The summed E-state index contributed by atoms with van der Waals surface area (Å²) in [6.07, 6.45) is 0.375. The Kier molecular flexibility index (Phi) is 4.16. The van der Waals surface area contributed by atoms with Crippen molar-refractivity contribution in [1.29, 1.82) is 0 Å². The van der Waals surface area contributed by atoms with Gasteiger partial charge in [-0.05, 0) is 17.7 Å². The molecule has 120 valence electrons. The van der Waals surface area contributed by atoms with Gasteiger partial charge in [0, 0.05) is 19.4 Å². The first-order valence-electron chi connectivity index (χ1n) is 7.06. The lowest BCUT2D eigenvalue weighted by molar-refractivity contribution is -0.120. The largest absolute Gasteiger partial charge is 0.484 e. The SMILES string of the molecule is CNc1nc2c(s1)C(c1ccc(OCC(N)=O)cc1)CC(=O)N2. The average Bonchev–Trinajstić information content (AvgIpc) is 2.95. The van der Waals surface area contributed by atoms with Crippen LogP contribution in [0.15, 0.2) is 24.3 Å². The van der Waals surface area contributed by atoms with Crippen LogP contribution in [-0.2, 0) is 9.59 Å². The number of hydrogen-bond acceptors (Lipinski definition) is 6. The highest BCUT2D eigenvalue weighted by Gasteiger charge is 2.30. The molecule has 1 aromatic heterocycles. The van der Waals surface area contributed by atoms with E-state index in [1.54, 1.807) is 19.2 Å². The molecule has 3 rings (SSSR count). The van der Waals surface area contributed by atoms with E-state index in [9.17, 15) is 9.59 Å². The lowest BCUT2D eigenvalue weighted by Crippen LogP contribution is -2.22. The minimum atomic E-state index is -0.521. The molecule has 1 unspecified atom stereocenters. The second kappa shape index (κ2) is 6.25. The van der Waals surface area contributed by atoms with Gasteiger partial charge >= 0.3 is 0 Å². The maximum absolute atomic E-state index is 11.9. The normalized spacial score (nSPS) is 16.4. The highest BCUT2D eigenvalue weighted by atomic mass is 32.1. The zero-order valence-corrected chi connectivity index (χ0v) is 13.3. The summed E-state index contributed by atoms with van der Waals surface area (Å²) < 4.78 is 5.25. The summed E-state index contributed by atoms with van der Waals surface area (Å²) >= 11 is 1.53. The Morgan fingerprint density at radius 3 is 2.87 bits per heavy atom. The van der Waals surface area contributed by atoms with Crippen molar-refractivity contribution in [2.45, 2.75) is 12.3 Å². The molecule has 0 saturated carbocycles.